The molecular weight excluding hydrogens is 312 g/mol. The van der Waals surface area contributed by atoms with Crippen molar-refractivity contribution >= 4 is 0 Å². The fourth-order valence-electron chi connectivity index (χ4n) is 8.00. The lowest BCUT2D eigenvalue weighted by molar-refractivity contribution is -0.185. The van der Waals surface area contributed by atoms with Gasteiger partial charge >= 0.3 is 0 Å². The van der Waals surface area contributed by atoms with Crippen LogP contribution in [0.3, 0.4) is 0 Å². The Labute approximate surface area is 151 Å². The van der Waals surface area contributed by atoms with Crippen LogP contribution in [0.2, 0.25) is 0 Å². The van der Waals surface area contributed by atoms with Gasteiger partial charge in [0, 0.05) is 18.3 Å². The minimum atomic E-state index is -0.277. The Hall–Kier alpha value is -0.380. The number of hydrogen-bond donors (Lipinski definition) is 0. The summed E-state index contributed by atoms with van der Waals surface area (Å²) in [4.78, 5) is 0. The standard InChI is InChI=1S/C22H32O3/c1-19-9-10-22(23-11-12-24-22)13-15(19)3-4-16-17(19)5-7-20(2)18(16)6-8-21(20)14-25-21/h3,16-18H,4-14H2,1-2H3/t16-,17+,18-,19-,20-,21+/m0/s1. The van der Waals surface area contributed by atoms with Crippen LogP contribution in [-0.4, -0.2) is 31.2 Å². The van der Waals surface area contributed by atoms with E-state index >= 15 is 0 Å². The van der Waals surface area contributed by atoms with Gasteiger partial charge < -0.3 is 14.2 Å². The van der Waals surface area contributed by atoms with Gasteiger partial charge in [0.15, 0.2) is 5.79 Å². The molecule has 3 saturated carbocycles. The predicted molar refractivity (Wildman–Crippen MR) is 95.0 cm³/mol. The highest BCUT2D eigenvalue weighted by atomic mass is 16.7. The first-order chi connectivity index (χ1) is 12.0. The average Bonchev–Trinajstić information content (AvgIpc) is 3.18. The molecule has 0 unspecified atom stereocenters. The molecule has 4 aliphatic carbocycles. The fraction of sp³-hybridized carbons (Fsp3) is 0.909. The number of allylic oxidation sites excluding steroid dienone is 1. The van der Waals surface area contributed by atoms with Crippen LogP contribution in [0.1, 0.15) is 65.2 Å². The number of fused-ring (bicyclic) bond motifs is 6. The maximum absolute atomic E-state index is 6.06. The van der Waals surface area contributed by atoms with E-state index in [0.29, 0.717) is 10.8 Å². The molecule has 0 N–H and O–H groups in total. The van der Waals surface area contributed by atoms with E-state index in [2.05, 4.69) is 19.9 Å². The smallest absolute Gasteiger partial charge is 0.172 e. The molecule has 2 saturated heterocycles. The van der Waals surface area contributed by atoms with Crippen molar-refractivity contribution in [2.75, 3.05) is 19.8 Å². The molecule has 6 aliphatic rings. The highest BCUT2D eigenvalue weighted by molar-refractivity contribution is 5.28. The quantitative estimate of drug-likeness (QED) is 0.480. The summed E-state index contributed by atoms with van der Waals surface area (Å²) in [7, 11) is 0. The van der Waals surface area contributed by atoms with E-state index in [-0.39, 0.29) is 11.4 Å². The van der Waals surface area contributed by atoms with Gasteiger partial charge in [0.2, 0.25) is 0 Å². The lowest BCUT2D eigenvalue weighted by Gasteiger charge is -2.58. The zero-order valence-electron chi connectivity index (χ0n) is 15.8. The molecule has 0 aromatic heterocycles. The maximum Gasteiger partial charge on any atom is 0.172 e. The molecule has 2 heterocycles. The van der Waals surface area contributed by atoms with Crippen molar-refractivity contribution in [3.8, 4) is 0 Å². The summed E-state index contributed by atoms with van der Waals surface area (Å²) in [5, 5.41) is 0. The zero-order chi connectivity index (χ0) is 16.9. The highest BCUT2D eigenvalue weighted by Gasteiger charge is 2.69. The van der Waals surface area contributed by atoms with Crippen molar-refractivity contribution in [3.05, 3.63) is 11.6 Å². The molecule has 0 bridgehead atoms. The van der Waals surface area contributed by atoms with Crippen molar-refractivity contribution < 1.29 is 14.2 Å². The summed E-state index contributed by atoms with van der Waals surface area (Å²) in [6, 6.07) is 0. The Balaban J connectivity index is 1.33. The van der Waals surface area contributed by atoms with Crippen LogP contribution in [0.4, 0.5) is 0 Å². The Morgan fingerprint density at radius 2 is 1.68 bits per heavy atom. The van der Waals surface area contributed by atoms with Gasteiger partial charge in [-0.1, -0.05) is 25.5 Å². The molecule has 3 heteroatoms. The van der Waals surface area contributed by atoms with Crippen molar-refractivity contribution in [1.29, 1.82) is 0 Å². The first kappa shape index (κ1) is 15.7. The second-order valence-corrected chi connectivity index (χ2v) is 10.3. The van der Waals surface area contributed by atoms with Gasteiger partial charge in [-0.3, -0.25) is 0 Å². The summed E-state index contributed by atoms with van der Waals surface area (Å²) in [6.07, 6.45) is 12.7. The Kier molecular flexibility index (Phi) is 2.95. The SMILES string of the molecule is C[C@]12CCC3(CC1=CC[C@H]1[C@H]2CC[C@@]2(C)[C@H]1CC[C@@]21CO1)OCCO3. The van der Waals surface area contributed by atoms with Crippen LogP contribution in [0.25, 0.3) is 0 Å². The van der Waals surface area contributed by atoms with E-state index in [4.69, 9.17) is 14.2 Å². The maximum atomic E-state index is 6.06. The van der Waals surface area contributed by atoms with Crippen LogP contribution < -0.4 is 0 Å². The van der Waals surface area contributed by atoms with Gasteiger partial charge in [-0.25, -0.2) is 0 Å². The third-order valence-corrected chi connectivity index (χ3v) is 9.71. The molecule has 0 radical (unpaired) electrons. The zero-order valence-corrected chi connectivity index (χ0v) is 15.8. The normalized spacial score (nSPS) is 55.6. The van der Waals surface area contributed by atoms with E-state index in [1.165, 1.54) is 38.5 Å². The van der Waals surface area contributed by atoms with Crippen LogP contribution in [0, 0.1) is 28.6 Å². The molecule has 6 atom stereocenters. The predicted octanol–water partition coefficient (Wildman–Crippen LogP) is 4.46. The monoisotopic (exact) mass is 344 g/mol. The molecule has 0 aromatic carbocycles. The summed E-state index contributed by atoms with van der Waals surface area (Å²) >= 11 is 0. The van der Waals surface area contributed by atoms with Crippen LogP contribution in [0.5, 0.6) is 0 Å². The number of ether oxygens (including phenoxy) is 3. The van der Waals surface area contributed by atoms with Crippen molar-refractivity contribution in [3.63, 3.8) is 0 Å². The number of rotatable bonds is 0. The Bertz CT molecular complexity index is 629. The molecule has 6 rings (SSSR count). The summed E-state index contributed by atoms with van der Waals surface area (Å²) < 4.78 is 18.2. The van der Waals surface area contributed by atoms with E-state index in [1.807, 2.05) is 0 Å². The minimum Gasteiger partial charge on any atom is -0.369 e. The topological polar surface area (TPSA) is 31.0 Å². The summed E-state index contributed by atoms with van der Waals surface area (Å²) in [5.41, 5.74) is 2.75. The van der Waals surface area contributed by atoms with Gasteiger partial charge in [-0.2, -0.15) is 0 Å². The molecule has 5 fully saturated rings. The third kappa shape index (κ3) is 1.83. The second kappa shape index (κ2) is 4.72. The van der Waals surface area contributed by atoms with Crippen LogP contribution in [-0.2, 0) is 14.2 Å². The van der Waals surface area contributed by atoms with Crippen molar-refractivity contribution in [2.45, 2.75) is 76.6 Å². The first-order valence-corrected chi connectivity index (χ1v) is 10.6. The van der Waals surface area contributed by atoms with Gasteiger partial charge in [-0.05, 0) is 61.7 Å². The van der Waals surface area contributed by atoms with Crippen molar-refractivity contribution in [1.82, 2.24) is 0 Å². The molecule has 0 aromatic rings. The highest BCUT2D eigenvalue weighted by Crippen LogP contribution is 2.71. The number of epoxide rings is 1. The van der Waals surface area contributed by atoms with Gasteiger partial charge in [-0.15, -0.1) is 0 Å². The molecule has 3 nitrogen and oxygen atoms in total. The lowest BCUT2D eigenvalue weighted by Crippen LogP contribution is -2.53. The molecule has 25 heavy (non-hydrogen) atoms. The summed E-state index contributed by atoms with van der Waals surface area (Å²) in [6.45, 7) is 7.72. The molecule has 2 aliphatic heterocycles. The van der Waals surface area contributed by atoms with Gasteiger partial charge in [0.05, 0.1) is 25.4 Å². The average molecular weight is 344 g/mol. The molecule has 0 amide bonds. The van der Waals surface area contributed by atoms with Crippen molar-refractivity contribution in [2.24, 2.45) is 28.6 Å². The Morgan fingerprint density at radius 3 is 2.44 bits per heavy atom. The van der Waals surface area contributed by atoms with E-state index in [0.717, 1.165) is 50.4 Å². The molecule has 138 valence electrons. The van der Waals surface area contributed by atoms with Gasteiger partial charge in [0.1, 0.15) is 0 Å². The summed E-state index contributed by atoms with van der Waals surface area (Å²) in [5.74, 6) is 2.33. The van der Waals surface area contributed by atoms with E-state index < -0.39 is 0 Å². The largest absolute Gasteiger partial charge is 0.369 e. The number of hydrogen-bond acceptors (Lipinski definition) is 3. The van der Waals surface area contributed by atoms with E-state index in [9.17, 15) is 0 Å². The van der Waals surface area contributed by atoms with Crippen LogP contribution >= 0.6 is 0 Å². The first-order valence-electron chi connectivity index (χ1n) is 10.6. The minimum absolute atomic E-state index is 0.273. The Morgan fingerprint density at radius 1 is 0.920 bits per heavy atom. The lowest BCUT2D eigenvalue weighted by atomic mass is 9.47. The van der Waals surface area contributed by atoms with E-state index in [1.54, 1.807) is 5.57 Å². The fourth-order valence-corrected chi connectivity index (χ4v) is 8.00. The molecular formula is C22H32O3. The van der Waals surface area contributed by atoms with Gasteiger partial charge in [0.25, 0.3) is 0 Å². The second-order valence-electron chi connectivity index (χ2n) is 10.3. The molecule has 2 spiro atoms. The van der Waals surface area contributed by atoms with Crippen LogP contribution in [0.15, 0.2) is 11.6 Å². The third-order valence-electron chi connectivity index (χ3n) is 9.71.